The number of nitrogens with one attached hydrogen (secondary N) is 1. The SMILES string of the molecule is CNC(c1ccc(F)c(Br)c1)c1csc2ccccc12. The molecule has 4 heteroatoms. The fourth-order valence-corrected chi connectivity index (χ4v) is 3.80. The Balaban J connectivity index is 2.11. The molecule has 1 atom stereocenters. The molecule has 1 aromatic heterocycles. The summed E-state index contributed by atoms with van der Waals surface area (Å²) in [5.74, 6) is -0.237. The van der Waals surface area contributed by atoms with Crippen molar-refractivity contribution >= 4 is 37.4 Å². The smallest absolute Gasteiger partial charge is 0.137 e. The Morgan fingerprint density at radius 2 is 2.00 bits per heavy atom. The molecular weight excluding hydrogens is 337 g/mol. The molecule has 0 aliphatic heterocycles. The first-order valence-corrected chi connectivity index (χ1v) is 7.96. The van der Waals surface area contributed by atoms with Gasteiger partial charge in [-0.1, -0.05) is 24.3 Å². The van der Waals surface area contributed by atoms with Crippen LogP contribution in [0.4, 0.5) is 4.39 Å². The first kappa shape index (κ1) is 13.7. The summed E-state index contributed by atoms with van der Waals surface area (Å²) >= 11 is 4.99. The van der Waals surface area contributed by atoms with E-state index >= 15 is 0 Å². The Kier molecular flexibility index (Phi) is 3.87. The van der Waals surface area contributed by atoms with Crippen molar-refractivity contribution in [2.24, 2.45) is 0 Å². The van der Waals surface area contributed by atoms with Crippen LogP contribution in [-0.4, -0.2) is 7.05 Å². The van der Waals surface area contributed by atoms with Crippen LogP contribution in [0, 0.1) is 5.82 Å². The molecule has 1 unspecified atom stereocenters. The van der Waals surface area contributed by atoms with Gasteiger partial charge in [0.25, 0.3) is 0 Å². The zero-order valence-corrected chi connectivity index (χ0v) is 13.3. The third-order valence-electron chi connectivity index (χ3n) is 3.39. The van der Waals surface area contributed by atoms with Gasteiger partial charge in [0, 0.05) is 4.70 Å². The number of rotatable bonds is 3. The van der Waals surface area contributed by atoms with E-state index in [1.54, 1.807) is 11.3 Å². The molecular formula is C16H13BrFNS. The van der Waals surface area contributed by atoms with Gasteiger partial charge in [-0.25, -0.2) is 4.39 Å². The van der Waals surface area contributed by atoms with Crippen molar-refractivity contribution in [2.75, 3.05) is 7.05 Å². The first-order valence-electron chi connectivity index (χ1n) is 6.29. The Morgan fingerprint density at radius 1 is 1.20 bits per heavy atom. The Labute approximate surface area is 129 Å². The van der Waals surface area contributed by atoms with Crippen LogP contribution in [0.1, 0.15) is 17.2 Å². The highest BCUT2D eigenvalue weighted by molar-refractivity contribution is 9.10. The van der Waals surface area contributed by atoms with Crippen molar-refractivity contribution in [2.45, 2.75) is 6.04 Å². The summed E-state index contributed by atoms with van der Waals surface area (Å²) < 4.78 is 15.2. The van der Waals surface area contributed by atoms with Gasteiger partial charge >= 0.3 is 0 Å². The van der Waals surface area contributed by atoms with Crippen molar-refractivity contribution < 1.29 is 4.39 Å². The molecule has 3 rings (SSSR count). The van der Waals surface area contributed by atoms with E-state index in [4.69, 9.17) is 0 Å². The predicted molar refractivity (Wildman–Crippen MR) is 86.8 cm³/mol. The van der Waals surface area contributed by atoms with Crippen LogP contribution < -0.4 is 5.32 Å². The predicted octanol–water partition coefficient (Wildman–Crippen LogP) is 5.11. The number of hydrogen-bond donors (Lipinski definition) is 1. The molecule has 0 radical (unpaired) electrons. The zero-order chi connectivity index (χ0) is 14.1. The average Bonchev–Trinajstić information content (AvgIpc) is 2.88. The number of hydrogen-bond acceptors (Lipinski definition) is 2. The first-order chi connectivity index (χ1) is 9.70. The topological polar surface area (TPSA) is 12.0 Å². The van der Waals surface area contributed by atoms with Gasteiger partial charge in [-0.3, -0.25) is 0 Å². The third-order valence-corrected chi connectivity index (χ3v) is 4.98. The van der Waals surface area contributed by atoms with Crippen LogP contribution in [0.25, 0.3) is 10.1 Å². The second kappa shape index (κ2) is 5.64. The lowest BCUT2D eigenvalue weighted by Gasteiger charge is -2.17. The number of fused-ring (bicyclic) bond motifs is 1. The monoisotopic (exact) mass is 349 g/mol. The molecule has 0 amide bonds. The van der Waals surface area contributed by atoms with Crippen molar-refractivity contribution in [1.82, 2.24) is 5.32 Å². The van der Waals surface area contributed by atoms with E-state index in [2.05, 4.69) is 38.8 Å². The molecule has 0 fully saturated rings. The van der Waals surface area contributed by atoms with Gasteiger partial charge in [-0.2, -0.15) is 0 Å². The highest BCUT2D eigenvalue weighted by Crippen LogP contribution is 2.34. The lowest BCUT2D eigenvalue weighted by molar-refractivity contribution is 0.617. The van der Waals surface area contributed by atoms with Crippen molar-refractivity contribution in [3.05, 3.63) is 69.3 Å². The molecule has 0 saturated heterocycles. The summed E-state index contributed by atoms with van der Waals surface area (Å²) in [6.07, 6.45) is 0. The van der Waals surface area contributed by atoms with Crippen LogP contribution in [0.3, 0.4) is 0 Å². The van der Waals surface area contributed by atoms with E-state index in [9.17, 15) is 4.39 Å². The van der Waals surface area contributed by atoms with Gasteiger partial charge in [0.15, 0.2) is 0 Å². The van der Waals surface area contributed by atoms with Gasteiger partial charge in [0.1, 0.15) is 5.82 Å². The minimum absolute atomic E-state index is 0.0584. The minimum Gasteiger partial charge on any atom is -0.309 e. The maximum Gasteiger partial charge on any atom is 0.137 e. The van der Waals surface area contributed by atoms with Gasteiger partial charge < -0.3 is 5.32 Å². The molecule has 1 N–H and O–H groups in total. The fourth-order valence-electron chi connectivity index (χ4n) is 2.42. The number of benzene rings is 2. The summed E-state index contributed by atoms with van der Waals surface area (Å²) in [7, 11) is 1.92. The third kappa shape index (κ3) is 2.39. The lowest BCUT2D eigenvalue weighted by Crippen LogP contribution is -2.17. The van der Waals surface area contributed by atoms with E-state index in [-0.39, 0.29) is 11.9 Å². The van der Waals surface area contributed by atoms with E-state index in [0.717, 1.165) is 5.56 Å². The average molecular weight is 350 g/mol. The van der Waals surface area contributed by atoms with Crippen LogP contribution in [0.15, 0.2) is 52.3 Å². The number of halogens is 2. The quantitative estimate of drug-likeness (QED) is 0.692. The molecule has 3 aromatic rings. The molecule has 2 aromatic carbocycles. The van der Waals surface area contributed by atoms with Gasteiger partial charge in [0.05, 0.1) is 10.5 Å². The molecule has 0 aliphatic rings. The van der Waals surface area contributed by atoms with E-state index in [1.807, 2.05) is 31.3 Å². The van der Waals surface area contributed by atoms with E-state index in [0.29, 0.717) is 4.47 Å². The van der Waals surface area contributed by atoms with E-state index < -0.39 is 0 Å². The lowest BCUT2D eigenvalue weighted by atomic mass is 9.98. The van der Waals surface area contributed by atoms with Crippen LogP contribution in [0.5, 0.6) is 0 Å². The van der Waals surface area contributed by atoms with Gasteiger partial charge in [0.2, 0.25) is 0 Å². The fraction of sp³-hybridized carbons (Fsp3) is 0.125. The van der Waals surface area contributed by atoms with Crippen LogP contribution in [-0.2, 0) is 0 Å². The van der Waals surface area contributed by atoms with E-state index in [1.165, 1.54) is 21.7 Å². The highest BCUT2D eigenvalue weighted by Gasteiger charge is 2.17. The minimum atomic E-state index is -0.237. The zero-order valence-electron chi connectivity index (χ0n) is 10.9. The van der Waals surface area contributed by atoms with Crippen molar-refractivity contribution in [3.63, 3.8) is 0 Å². The largest absolute Gasteiger partial charge is 0.309 e. The summed E-state index contributed by atoms with van der Waals surface area (Å²) in [6, 6.07) is 13.6. The summed E-state index contributed by atoms with van der Waals surface area (Å²) in [5.41, 5.74) is 2.27. The number of thiophene rings is 1. The Bertz CT molecular complexity index is 753. The van der Waals surface area contributed by atoms with Crippen LogP contribution >= 0.6 is 27.3 Å². The Morgan fingerprint density at radius 3 is 2.75 bits per heavy atom. The molecule has 20 heavy (non-hydrogen) atoms. The highest BCUT2D eigenvalue weighted by atomic mass is 79.9. The molecule has 0 saturated carbocycles. The molecule has 0 aliphatic carbocycles. The molecule has 102 valence electrons. The molecule has 1 nitrogen and oxygen atoms in total. The van der Waals surface area contributed by atoms with Crippen LogP contribution in [0.2, 0.25) is 0 Å². The Hall–Kier alpha value is -1.23. The second-order valence-corrected chi connectivity index (χ2v) is 6.35. The van der Waals surface area contributed by atoms with Gasteiger partial charge in [-0.05, 0) is 63.1 Å². The summed E-state index contributed by atoms with van der Waals surface area (Å²) in [6.45, 7) is 0. The summed E-state index contributed by atoms with van der Waals surface area (Å²) in [5, 5.41) is 6.74. The maximum absolute atomic E-state index is 13.4. The summed E-state index contributed by atoms with van der Waals surface area (Å²) in [4.78, 5) is 0. The molecule has 1 heterocycles. The standard InChI is InChI=1S/C16H13BrFNS/c1-19-16(10-6-7-14(18)13(17)8-10)12-9-20-15-5-3-2-4-11(12)15/h2-9,16,19H,1H3. The maximum atomic E-state index is 13.4. The molecule has 0 bridgehead atoms. The normalized spacial score (nSPS) is 12.8. The van der Waals surface area contributed by atoms with Gasteiger partial charge in [-0.15, -0.1) is 11.3 Å². The second-order valence-electron chi connectivity index (χ2n) is 4.58. The van der Waals surface area contributed by atoms with Crippen molar-refractivity contribution in [1.29, 1.82) is 0 Å². The van der Waals surface area contributed by atoms with Crippen molar-refractivity contribution in [3.8, 4) is 0 Å². The molecule has 0 spiro atoms.